The zero-order valence-electron chi connectivity index (χ0n) is 13.6. The number of fused-ring (bicyclic) bond motifs is 1. The molecule has 1 aliphatic rings. The minimum Gasteiger partial charge on any atom is -0.496 e. The van der Waals surface area contributed by atoms with E-state index in [2.05, 4.69) is 0 Å². The molecule has 0 saturated heterocycles. The SMILES string of the molecule is COc1cc(OC)c2c(c1)OC(=O)C[C@@H]2CC(=O)c1ccccc1. The molecule has 1 heterocycles. The summed E-state index contributed by atoms with van der Waals surface area (Å²) >= 11 is 0. The lowest BCUT2D eigenvalue weighted by atomic mass is 9.86. The van der Waals surface area contributed by atoms with Crippen LogP contribution in [-0.2, 0) is 4.79 Å². The number of benzene rings is 2. The zero-order chi connectivity index (χ0) is 17.1. The number of carbonyl (C=O) groups excluding carboxylic acids is 2. The van der Waals surface area contributed by atoms with Crippen LogP contribution in [0, 0.1) is 0 Å². The summed E-state index contributed by atoms with van der Waals surface area (Å²) in [5.74, 6) is 0.835. The van der Waals surface area contributed by atoms with E-state index >= 15 is 0 Å². The largest absolute Gasteiger partial charge is 0.496 e. The van der Waals surface area contributed by atoms with E-state index < -0.39 is 0 Å². The number of methoxy groups -OCH3 is 2. The summed E-state index contributed by atoms with van der Waals surface area (Å²) in [7, 11) is 3.07. The molecule has 124 valence electrons. The number of carbonyl (C=O) groups is 2. The molecule has 0 aromatic heterocycles. The maximum absolute atomic E-state index is 12.5. The van der Waals surface area contributed by atoms with Crippen LogP contribution in [0.2, 0.25) is 0 Å². The van der Waals surface area contributed by atoms with E-state index in [0.29, 0.717) is 22.8 Å². The van der Waals surface area contributed by atoms with Gasteiger partial charge in [-0.2, -0.15) is 0 Å². The smallest absolute Gasteiger partial charge is 0.311 e. The standard InChI is InChI=1S/C19H18O5/c1-22-14-10-16(23-2)19-13(9-18(21)24-17(19)11-14)8-15(20)12-6-4-3-5-7-12/h3-7,10-11,13H,8-9H2,1-2H3/t13-/m0/s1. The first-order valence-corrected chi connectivity index (χ1v) is 7.67. The predicted octanol–water partition coefficient (Wildman–Crippen LogP) is 3.37. The van der Waals surface area contributed by atoms with Crippen LogP contribution >= 0.6 is 0 Å². The molecule has 5 nitrogen and oxygen atoms in total. The third-order valence-electron chi connectivity index (χ3n) is 4.11. The Hall–Kier alpha value is -2.82. The third-order valence-corrected chi connectivity index (χ3v) is 4.11. The number of esters is 1. The molecule has 2 aromatic rings. The Kier molecular flexibility index (Phi) is 4.51. The van der Waals surface area contributed by atoms with Crippen molar-refractivity contribution in [1.29, 1.82) is 0 Å². The molecule has 5 heteroatoms. The number of ketones is 1. The molecule has 1 atom stereocenters. The second-order valence-corrected chi connectivity index (χ2v) is 5.61. The molecular weight excluding hydrogens is 308 g/mol. The summed E-state index contributed by atoms with van der Waals surface area (Å²) in [6.45, 7) is 0. The van der Waals surface area contributed by atoms with Crippen molar-refractivity contribution in [2.75, 3.05) is 14.2 Å². The van der Waals surface area contributed by atoms with E-state index in [1.54, 1.807) is 31.4 Å². The average Bonchev–Trinajstić information content (AvgIpc) is 2.60. The van der Waals surface area contributed by atoms with Gasteiger partial charge in [0.2, 0.25) is 0 Å². The van der Waals surface area contributed by atoms with Gasteiger partial charge in [0.15, 0.2) is 5.78 Å². The van der Waals surface area contributed by atoms with Gasteiger partial charge >= 0.3 is 5.97 Å². The van der Waals surface area contributed by atoms with Crippen molar-refractivity contribution >= 4 is 11.8 Å². The fourth-order valence-electron chi connectivity index (χ4n) is 2.96. The molecular formula is C19H18O5. The van der Waals surface area contributed by atoms with Crippen molar-refractivity contribution in [3.8, 4) is 17.2 Å². The van der Waals surface area contributed by atoms with Crippen molar-refractivity contribution in [2.24, 2.45) is 0 Å². The summed E-state index contributed by atoms with van der Waals surface area (Å²) < 4.78 is 16.0. The van der Waals surface area contributed by atoms with Crippen molar-refractivity contribution in [2.45, 2.75) is 18.8 Å². The lowest BCUT2D eigenvalue weighted by molar-refractivity contribution is -0.135. The summed E-state index contributed by atoms with van der Waals surface area (Å²) in [6.07, 6.45) is 0.364. The van der Waals surface area contributed by atoms with Crippen LogP contribution in [0.5, 0.6) is 17.2 Å². The molecule has 0 saturated carbocycles. The van der Waals surface area contributed by atoms with Crippen LogP contribution in [0.1, 0.15) is 34.7 Å². The maximum Gasteiger partial charge on any atom is 0.311 e. The molecule has 0 bridgehead atoms. The lowest BCUT2D eigenvalue weighted by Crippen LogP contribution is -2.23. The van der Waals surface area contributed by atoms with Crippen molar-refractivity contribution < 1.29 is 23.8 Å². The Morgan fingerprint density at radius 2 is 1.92 bits per heavy atom. The number of Topliss-reactive ketones (excluding diaryl/α,β-unsaturated/α-hetero) is 1. The normalized spacial score (nSPS) is 16.1. The minimum atomic E-state index is -0.358. The van der Waals surface area contributed by atoms with E-state index in [9.17, 15) is 9.59 Å². The van der Waals surface area contributed by atoms with Crippen LogP contribution in [0.25, 0.3) is 0 Å². The Bertz CT molecular complexity index is 767. The highest BCUT2D eigenvalue weighted by atomic mass is 16.5. The quantitative estimate of drug-likeness (QED) is 0.479. The molecule has 0 N–H and O–H groups in total. The molecule has 0 unspecified atom stereocenters. The zero-order valence-corrected chi connectivity index (χ0v) is 13.6. The maximum atomic E-state index is 12.5. The summed E-state index contributed by atoms with van der Waals surface area (Å²) in [4.78, 5) is 24.5. The highest BCUT2D eigenvalue weighted by Crippen LogP contribution is 2.45. The van der Waals surface area contributed by atoms with Gasteiger partial charge in [-0.25, -0.2) is 0 Å². The second-order valence-electron chi connectivity index (χ2n) is 5.61. The van der Waals surface area contributed by atoms with Crippen LogP contribution in [-0.4, -0.2) is 26.0 Å². The van der Waals surface area contributed by atoms with Gasteiger partial charge in [-0.1, -0.05) is 30.3 Å². The second kappa shape index (κ2) is 6.74. The van der Waals surface area contributed by atoms with Gasteiger partial charge in [0.25, 0.3) is 0 Å². The number of hydrogen-bond donors (Lipinski definition) is 0. The fraction of sp³-hybridized carbons (Fsp3) is 0.263. The third kappa shape index (κ3) is 3.11. The van der Waals surface area contributed by atoms with Gasteiger partial charge in [0.05, 0.1) is 20.6 Å². The fourth-order valence-corrected chi connectivity index (χ4v) is 2.96. The van der Waals surface area contributed by atoms with Gasteiger partial charge in [0.1, 0.15) is 17.2 Å². The summed E-state index contributed by atoms with van der Waals surface area (Å²) in [5, 5.41) is 0. The number of hydrogen-bond acceptors (Lipinski definition) is 5. The Balaban J connectivity index is 1.96. The highest BCUT2D eigenvalue weighted by Gasteiger charge is 2.32. The number of ether oxygens (including phenoxy) is 3. The Labute approximate surface area is 140 Å². The minimum absolute atomic E-state index is 0.0147. The van der Waals surface area contributed by atoms with Gasteiger partial charge < -0.3 is 14.2 Å². The van der Waals surface area contributed by atoms with Crippen molar-refractivity contribution in [1.82, 2.24) is 0 Å². The highest BCUT2D eigenvalue weighted by molar-refractivity contribution is 5.97. The van der Waals surface area contributed by atoms with E-state index in [0.717, 1.165) is 5.56 Å². The van der Waals surface area contributed by atoms with Gasteiger partial charge in [-0.05, 0) is 0 Å². The molecule has 3 rings (SSSR count). The van der Waals surface area contributed by atoms with Gasteiger partial charge in [-0.3, -0.25) is 9.59 Å². The molecule has 0 radical (unpaired) electrons. The lowest BCUT2D eigenvalue weighted by Gasteiger charge is -2.26. The van der Waals surface area contributed by atoms with Crippen molar-refractivity contribution in [3.63, 3.8) is 0 Å². The first-order chi connectivity index (χ1) is 11.6. The monoisotopic (exact) mass is 326 g/mol. The molecule has 2 aromatic carbocycles. The molecule has 0 amide bonds. The molecule has 24 heavy (non-hydrogen) atoms. The first-order valence-electron chi connectivity index (χ1n) is 7.67. The van der Waals surface area contributed by atoms with Crippen molar-refractivity contribution in [3.05, 3.63) is 53.6 Å². The molecule has 0 fully saturated rings. The first kappa shape index (κ1) is 16.1. The van der Waals surface area contributed by atoms with Crippen LogP contribution in [0.3, 0.4) is 0 Å². The Morgan fingerprint density at radius 3 is 2.58 bits per heavy atom. The predicted molar refractivity (Wildman–Crippen MR) is 87.9 cm³/mol. The molecule has 0 aliphatic carbocycles. The molecule has 1 aliphatic heterocycles. The van der Waals surface area contributed by atoms with Gasteiger partial charge in [0, 0.05) is 35.6 Å². The Morgan fingerprint density at radius 1 is 1.17 bits per heavy atom. The van der Waals surface area contributed by atoms with Crippen LogP contribution in [0.4, 0.5) is 0 Å². The molecule has 0 spiro atoms. The average molecular weight is 326 g/mol. The topological polar surface area (TPSA) is 61.8 Å². The van der Waals surface area contributed by atoms with E-state index in [4.69, 9.17) is 14.2 Å². The summed E-state index contributed by atoms with van der Waals surface area (Å²) in [6, 6.07) is 12.4. The van der Waals surface area contributed by atoms with E-state index in [1.165, 1.54) is 7.11 Å². The van der Waals surface area contributed by atoms with Crippen LogP contribution in [0.15, 0.2) is 42.5 Å². The van der Waals surface area contributed by atoms with E-state index in [1.807, 2.05) is 18.2 Å². The van der Waals surface area contributed by atoms with E-state index in [-0.39, 0.29) is 30.5 Å². The number of rotatable bonds is 5. The summed E-state index contributed by atoms with van der Waals surface area (Å²) in [5.41, 5.74) is 1.37. The van der Waals surface area contributed by atoms with Crippen LogP contribution < -0.4 is 14.2 Å². The van der Waals surface area contributed by atoms with Gasteiger partial charge in [-0.15, -0.1) is 0 Å².